The highest BCUT2D eigenvalue weighted by Gasteiger charge is 2.14. The van der Waals surface area contributed by atoms with Crippen LogP contribution < -0.4 is 0 Å². The van der Waals surface area contributed by atoms with Gasteiger partial charge < -0.3 is 0 Å². The molecule has 0 saturated carbocycles. The molecule has 0 atom stereocenters. The number of nitrogens with zero attached hydrogens (tertiary/aromatic N) is 5. The van der Waals surface area contributed by atoms with E-state index in [9.17, 15) is 0 Å². The van der Waals surface area contributed by atoms with E-state index in [2.05, 4.69) is 95.0 Å². The van der Waals surface area contributed by atoms with Crippen molar-refractivity contribution < 1.29 is 0 Å². The van der Waals surface area contributed by atoms with Crippen molar-refractivity contribution in [3.05, 3.63) is 0 Å². The first-order valence-corrected chi connectivity index (χ1v) is 5.88. The van der Waals surface area contributed by atoms with Crippen LogP contribution in [-0.2, 0) is 0 Å². The van der Waals surface area contributed by atoms with E-state index in [0.717, 1.165) is 6.67 Å². The Labute approximate surface area is 109 Å². The predicted molar refractivity (Wildman–Crippen MR) is 77.1 cm³/mol. The minimum Gasteiger partial charge on any atom is -0.297 e. The Kier molecular flexibility index (Phi) is 11.0. The maximum absolute atomic E-state index is 2.17. The van der Waals surface area contributed by atoms with Crippen LogP contribution in [0.2, 0.25) is 0 Å². The zero-order valence-corrected chi connectivity index (χ0v) is 13.5. The summed E-state index contributed by atoms with van der Waals surface area (Å²) in [7, 11) is 20.7. The van der Waals surface area contributed by atoms with Gasteiger partial charge in [0.15, 0.2) is 0 Å². The van der Waals surface area contributed by atoms with Gasteiger partial charge in [-0.1, -0.05) is 0 Å². The molecule has 5 heteroatoms. The fourth-order valence-corrected chi connectivity index (χ4v) is 1.95. The van der Waals surface area contributed by atoms with Crippen LogP contribution in [0.3, 0.4) is 0 Å². The number of hydrogen-bond acceptors (Lipinski definition) is 5. The van der Waals surface area contributed by atoms with E-state index in [1.807, 2.05) is 0 Å². The normalized spacial score (nSPS) is 12.0. The average Bonchev–Trinajstić information content (AvgIpc) is 1.97. The molecule has 0 aliphatic carbocycles. The van der Waals surface area contributed by atoms with Crippen LogP contribution in [0.5, 0.6) is 0 Å². The van der Waals surface area contributed by atoms with Crippen LogP contribution in [0.4, 0.5) is 0 Å². The van der Waals surface area contributed by atoms with Gasteiger partial charge >= 0.3 is 0 Å². The minimum absolute atomic E-state index is 0.389. The third-order valence-corrected chi connectivity index (χ3v) is 1.95. The first-order chi connectivity index (χ1) is 7.59. The van der Waals surface area contributed by atoms with Crippen molar-refractivity contribution in [2.75, 3.05) is 77.1 Å². The van der Waals surface area contributed by atoms with Crippen molar-refractivity contribution in [3.8, 4) is 0 Å². The van der Waals surface area contributed by atoms with Crippen molar-refractivity contribution in [2.45, 2.75) is 6.29 Å². The highest BCUT2D eigenvalue weighted by Crippen LogP contribution is 1.98. The van der Waals surface area contributed by atoms with Gasteiger partial charge in [0, 0.05) is 6.67 Å². The van der Waals surface area contributed by atoms with E-state index in [1.54, 1.807) is 0 Å². The molecule has 0 fully saturated rings. The molecule has 0 aliphatic rings. The van der Waals surface area contributed by atoms with E-state index in [0.29, 0.717) is 6.29 Å². The van der Waals surface area contributed by atoms with Gasteiger partial charge in [-0.25, -0.2) is 0 Å². The molecule has 0 radical (unpaired) electrons. The summed E-state index contributed by atoms with van der Waals surface area (Å²) in [4.78, 5) is 10.8. The van der Waals surface area contributed by atoms with Crippen LogP contribution >= 0.6 is 0 Å². The lowest BCUT2D eigenvalue weighted by Crippen LogP contribution is -2.50. The SMILES string of the molecule is CN(C)C(N(C)C)N(C)C.CN(C)CN(C)C. The molecule has 0 aliphatic heterocycles. The molecule has 0 unspecified atom stereocenters. The Morgan fingerprint density at radius 1 is 0.529 bits per heavy atom. The fraction of sp³-hybridized carbons (Fsp3) is 1.00. The summed E-state index contributed by atoms with van der Waals surface area (Å²) in [6.07, 6.45) is 0.389. The van der Waals surface area contributed by atoms with Gasteiger partial charge in [-0.2, -0.15) is 0 Å². The molecular formula is C12H33N5. The third kappa shape index (κ3) is 12.1. The molecule has 0 bridgehead atoms. The van der Waals surface area contributed by atoms with Crippen molar-refractivity contribution >= 4 is 0 Å². The van der Waals surface area contributed by atoms with Crippen LogP contribution in [-0.4, -0.2) is 108 Å². The third-order valence-electron chi connectivity index (χ3n) is 1.95. The van der Waals surface area contributed by atoms with Gasteiger partial charge in [-0.15, -0.1) is 0 Å². The zero-order chi connectivity index (χ0) is 14.2. The molecule has 0 saturated heterocycles. The standard InChI is InChI=1S/C7H19N3.C5H14N2/c1-8(2)7(9(3)4)10(5)6;1-6(2)5-7(3)4/h7H,1-6H3;5H2,1-4H3. The Morgan fingerprint density at radius 2 is 0.765 bits per heavy atom. The first-order valence-electron chi connectivity index (χ1n) is 5.88. The van der Waals surface area contributed by atoms with Gasteiger partial charge in [0.1, 0.15) is 6.29 Å². The van der Waals surface area contributed by atoms with Gasteiger partial charge in [-0.05, 0) is 70.5 Å². The molecule has 106 valence electrons. The summed E-state index contributed by atoms with van der Waals surface area (Å²) in [6.45, 7) is 1.03. The van der Waals surface area contributed by atoms with Crippen molar-refractivity contribution in [2.24, 2.45) is 0 Å². The second-order valence-electron chi connectivity index (χ2n) is 5.54. The number of rotatable bonds is 5. The van der Waals surface area contributed by atoms with Crippen molar-refractivity contribution in [1.82, 2.24) is 24.5 Å². The molecule has 0 aromatic rings. The van der Waals surface area contributed by atoms with Crippen LogP contribution in [0.1, 0.15) is 0 Å². The van der Waals surface area contributed by atoms with Gasteiger partial charge in [0.2, 0.25) is 0 Å². The maximum Gasteiger partial charge on any atom is 0.118 e. The Morgan fingerprint density at radius 3 is 0.765 bits per heavy atom. The Bertz CT molecular complexity index is 141. The second-order valence-corrected chi connectivity index (χ2v) is 5.54. The van der Waals surface area contributed by atoms with E-state index >= 15 is 0 Å². The van der Waals surface area contributed by atoms with Crippen molar-refractivity contribution in [1.29, 1.82) is 0 Å². The molecule has 5 nitrogen and oxygen atoms in total. The summed E-state index contributed by atoms with van der Waals surface area (Å²) < 4.78 is 0. The molecule has 0 N–H and O–H groups in total. The van der Waals surface area contributed by atoms with E-state index in [1.165, 1.54) is 0 Å². The lowest BCUT2D eigenvalue weighted by molar-refractivity contribution is 0.00961. The largest absolute Gasteiger partial charge is 0.297 e. The van der Waals surface area contributed by atoms with Gasteiger partial charge in [-0.3, -0.25) is 24.5 Å². The maximum atomic E-state index is 2.17. The Hall–Kier alpha value is -0.200. The zero-order valence-electron chi connectivity index (χ0n) is 13.5. The summed E-state index contributed by atoms with van der Waals surface area (Å²) in [5.41, 5.74) is 0. The second kappa shape index (κ2) is 9.79. The van der Waals surface area contributed by atoms with E-state index < -0.39 is 0 Å². The van der Waals surface area contributed by atoms with Gasteiger partial charge in [0.25, 0.3) is 0 Å². The van der Waals surface area contributed by atoms with Crippen LogP contribution in [0.25, 0.3) is 0 Å². The molecule has 0 amide bonds. The summed E-state index contributed by atoms with van der Waals surface area (Å²) in [5.74, 6) is 0. The van der Waals surface area contributed by atoms with Crippen LogP contribution in [0.15, 0.2) is 0 Å². The summed E-state index contributed by atoms with van der Waals surface area (Å²) in [5, 5.41) is 0. The molecule has 0 rings (SSSR count). The molecule has 0 spiro atoms. The lowest BCUT2D eigenvalue weighted by Gasteiger charge is -2.35. The molecule has 0 heterocycles. The van der Waals surface area contributed by atoms with Crippen LogP contribution in [0, 0.1) is 0 Å². The van der Waals surface area contributed by atoms with Gasteiger partial charge in [0.05, 0.1) is 0 Å². The predicted octanol–water partition coefficient (Wildman–Crippen LogP) is 0.0219. The fourth-order valence-electron chi connectivity index (χ4n) is 1.95. The molecule has 0 aromatic carbocycles. The molecule has 17 heavy (non-hydrogen) atoms. The van der Waals surface area contributed by atoms with Crippen molar-refractivity contribution in [3.63, 3.8) is 0 Å². The quantitative estimate of drug-likeness (QED) is 0.635. The highest BCUT2D eigenvalue weighted by atomic mass is 15.5. The first kappa shape index (κ1) is 19.1. The smallest absolute Gasteiger partial charge is 0.118 e. The van der Waals surface area contributed by atoms with E-state index in [-0.39, 0.29) is 0 Å². The monoisotopic (exact) mass is 247 g/mol. The minimum atomic E-state index is 0.389. The molecule has 0 aromatic heterocycles. The molecular weight excluding hydrogens is 214 g/mol. The summed E-state index contributed by atoms with van der Waals surface area (Å²) in [6, 6.07) is 0. The summed E-state index contributed by atoms with van der Waals surface area (Å²) >= 11 is 0. The average molecular weight is 247 g/mol. The van der Waals surface area contributed by atoms with E-state index in [4.69, 9.17) is 0 Å². The highest BCUT2D eigenvalue weighted by molar-refractivity contribution is 4.58. The number of hydrogen-bond donors (Lipinski definition) is 0. The lowest BCUT2D eigenvalue weighted by atomic mass is 10.6. The topological polar surface area (TPSA) is 16.2 Å². The Balaban J connectivity index is 0.